The van der Waals surface area contributed by atoms with Gasteiger partial charge in [-0.3, -0.25) is 4.90 Å². The van der Waals surface area contributed by atoms with E-state index in [1.807, 2.05) is 24.3 Å². The molecule has 32 heavy (non-hydrogen) atoms. The van der Waals surface area contributed by atoms with Crippen LogP contribution in [-0.4, -0.2) is 51.9 Å². The smallest absolute Gasteiger partial charge is 0.345 e. The highest BCUT2D eigenvalue weighted by molar-refractivity contribution is 5.75. The first kappa shape index (κ1) is 19.4. The number of rotatable bonds is 3. The minimum Gasteiger partial charge on any atom is -0.363 e. The summed E-state index contributed by atoms with van der Waals surface area (Å²) >= 11 is 0. The number of H-pyrrole nitrogens is 1. The van der Waals surface area contributed by atoms with Crippen LogP contribution in [0.25, 0.3) is 16.7 Å². The van der Waals surface area contributed by atoms with Crippen LogP contribution >= 0.6 is 0 Å². The Morgan fingerprint density at radius 1 is 0.969 bits per heavy atom. The maximum Gasteiger partial charge on any atom is 0.345 e. The summed E-state index contributed by atoms with van der Waals surface area (Å²) < 4.78 is 10.6. The zero-order chi connectivity index (χ0) is 21.7. The number of nitrogens with zero attached hydrogens (tertiary/aromatic N) is 4. The first-order valence-corrected chi connectivity index (χ1v) is 11.2. The van der Waals surface area contributed by atoms with Gasteiger partial charge in [0.25, 0.3) is 0 Å². The van der Waals surface area contributed by atoms with Gasteiger partial charge in [-0.1, -0.05) is 30.3 Å². The predicted molar refractivity (Wildman–Crippen MR) is 125 cm³/mol. The number of nitrogens with one attached hydrogen (secondary N) is 1. The zero-order valence-corrected chi connectivity index (χ0v) is 18.2. The first-order chi connectivity index (χ1) is 15.6. The third-order valence-electron chi connectivity index (χ3n) is 6.81. The van der Waals surface area contributed by atoms with E-state index < -0.39 is 5.60 Å². The summed E-state index contributed by atoms with van der Waals surface area (Å²) in [6, 6.07) is 20.6. The summed E-state index contributed by atoms with van der Waals surface area (Å²) in [6.45, 7) is 6.93. The zero-order valence-electron chi connectivity index (χ0n) is 18.2. The van der Waals surface area contributed by atoms with Gasteiger partial charge in [0.1, 0.15) is 5.60 Å². The minimum atomic E-state index is -0.414. The van der Waals surface area contributed by atoms with Gasteiger partial charge in [0.15, 0.2) is 0 Å². The van der Waals surface area contributed by atoms with E-state index in [-0.39, 0.29) is 5.69 Å². The molecule has 7 heteroatoms. The fourth-order valence-corrected chi connectivity index (χ4v) is 5.17. The van der Waals surface area contributed by atoms with Gasteiger partial charge < -0.3 is 19.3 Å². The SMILES string of the molecule is CC1(CN2CCN(n3c(=O)[nH]c4ccccc43)CC2)OCc2ccccc2-n2cccc21. The van der Waals surface area contributed by atoms with Crippen molar-refractivity contribution in [2.24, 2.45) is 0 Å². The fraction of sp³-hybridized carbons (Fsp3) is 0.320. The molecule has 2 aromatic heterocycles. The summed E-state index contributed by atoms with van der Waals surface area (Å²) in [5.74, 6) is 0. The topological polar surface area (TPSA) is 58.4 Å². The second-order valence-electron chi connectivity index (χ2n) is 8.90. The average molecular weight is 430 g/mol. The van der Waals surface area contributed by atoms with Gasteiger partial charge in [-0.15, -0.1) is 0 Å². The highest BCUT2D eigenvalue weighted by atomic mass is 16.5. The number of imidazole rings is 1. The van der Waals surface area contributed by atoms with Crippen molar-refractivity contribution in [1.29, 1.82) is 0 Å². The summed E-state index contributed by atoms with van der Waals surface area (Å²) in [6.07, 6.45) is 2.13. The Hall–Kier alpha value is -3.29. The third-order valence-corrected chi connectivity index (χ3v) is 6.81. The number of hydrogen-bond acceptors (Lipinski definition) is 4. The quantitative estimate of drug-likeness (QED) is 0.544. The largest absolute Gasteiger partial charge is 0.363 e. The van der Waals surface area contributed by atoms with Gasteiger partial charge in [0.2, 0.25) is 0 Å². The highest BCUT2D eigenvalue weighted by Crippen LogP contribution is 2.35. The number of hydrogen-bond donors (Lipinski definition) is 1. The maximum absolute atomic E-state index is 12.6. The number of para-hydroxylation sites is 3. The molecule has 0 amide bonds. The van der Waals surface area contributed by atoms with Crippen molar-refractivity contribution in [3.05, 3.63) is 88.6 Å². The molecule has 1 N–H and O–H groups in total. The Morgan fingerprint density at radius 3 is 2.62 bits per heavy atom. The molecule has 2 aromatic carbocycles. The van der Waals surface area contributed by atoms with Gasteiger partial charge in [-0.25, -0.2) is 9.47 Å². The van der Waals surface area contributed by atoms with Crippen LogP contribution < -0.4 is 10.7 Å². The van der Waals surface area contributed by atoms with E-state index in [0.29, 0.717) is 6.61 Å². The van der Waals surface area contributed by atoms with Crippen LogP contribution in [0, 0.1) is 0 Å². The van der Waals surface area contributed by atoms with Crippen molar-refractivity contribution in [2.45, 2.75) is 19.1 Å². The molecule has 0 spiro atoms. The monoisotopic (exact) mass is 429 g/mol. The molecule has 164 valence electrons. The van der Waals surface area contributed by atoms with E-state index >= 15 is 0 Å². The Bertz CT molecular complexity index is 1330. The van der Waals surface area contributed by atoms with Gasteiger partial charge in [0, 0.05) is 44.5 Å². The molecule has 4 aromatic rings. The van der Waals surface area contributed by atoms with Crippen LogP contribution in [-0.2, 0) is 16.9 Å². The molecule has 1 atom stereocenters. The molecule has 7 nitrogen and oxygen atoms in total. The number of aromatic amines is 1. The van der Waals surface area contributed by atoms with Crippen LogP contribution in [0.2, 0.25) is 0 Å². The van der Waals surface area contributed by atoms with Crippen LogP contribution in [0.5, 0.6) is 0 Å². The molecule has 0 radical (unpaired) electrons. The summed E-state index contributed by atoms with van der Waals surface area (Å²) in [7, 11) is 0. The summed E-state index contributed by atoms with van der Waals surface area (Å²) in [5, 5.41) is 2.15. The van der Waals surface area contributed by atoms with Crippen molar-refractivity contribution in [1.82, 2.24) is 19.1 Å². The van der Waals surface area contributed by atoms with Gasteiger partial charge >= 0.3 is 5.69 Å². The van der Waals surface area contributed by atoms with Gasteiger partial charge in [-0.05, 0) is 37.3 Å². The summed E-state index contributed by atoms with van der Waals surface area (Å²) in [4.78, 5) is 18.0. The van der Waals surface area contributed by atoms with Crippen molar-refractivity contribution in [2.75, 3.05) is 37.7 Å². The molecule has 0 aliphatic carbocycles. The van der Waals surface area contributed by atoms with Crippen LogP contribution in [0.1, 0.15) is 18.2 Å². The standard InChI is InChI=1S/C25H27N5O2/c1-25(23-11-6-12-29(23)21-9-4-2-7-19(21)17-32-25)18-27-13-15-28(16-14-27)30-22-10-5-3-8-20(22)26-24(30)31/h2-12H,13-18H2,1H3,(H,26,31). The lowest BCUT2D eigenvalue weighted by atomic mass is 10.0. The van der Waals surface area contributed by atoms with Gasteiger partial charge in [-0.2, -0.15) is 0 Å². The molecule has 1 fully saturated rings. The van der Waals surface area contributed by atoms with Crippen molar-refractivity contribution in [3.8, 4) is 5.69 Å². The predicted octanol–water partition coefficient (Wildman–Crippen LogP) is 2.82. The van der Waals surface area contributed by atoms with E-state index in [0.717, 1.165) is 43.8 Å². The van der Waals surface area contributed by atoms with Crippen LogP contribution in [0.15, 0.2) is 71.7 Å². The number of fused-ring (bicyclic) bond motifs is 4. The molecule has 4 heterocycles. The minimum absolute atomic E-state index is 0.0747. The second-order valence-corrected chi connectivity index (χ2v) is 8.90. The molecular formula is C25H27N5O2. The van der Waals surface area contributed by atoms with E-state index in [4.69, 9.17) is 4.74 Å². The van der Waals surface area contributed by atoms with Crippen molar-refractivity contribution in [3.63, 3.8) is 0 Å². The first-order valence-electron chi connectivity index (χ1n) is 11.2. The maximum atomic E-state index is 12.6. The molecule has 6 rings (SSSR count). The van der Waals surface area contributed by atoms with E-state index in [1.54, 1.807) is 4.68 Å². The van der Waals surface area contributed by atoms with Crippen LogP contribution in [0.3, 0.4) is 0 Å². The summed E-state index contributed by atoms with van der Waals surface area (Å²) in [5.41, 5.74) is 4.90. The molecule has 2 aliphatic rings. The third kappa shape index (κ3) is 3.08. The van der Waals surface area contributed by atoms with Crippen molar-refractivity contribution >= 4 is 11.0 Å². The van der Waals surface area contributed by atoms with E-state index in [2.05, 4.69) is 69.0 Å². The Morgan fingerprint density at radius 2 is 1.75 bits per heavy atom. The van der Waals surface area contributed by atoms with Gasteiger partial charge in [0.05, 0.1) is 29.0 Å². The second kappa shape index (κ2) is 7.39. The number of aromatic nitrogens is 3. The molecule has 0 saturated carbocycles. The lowest BCUT2D eigenvalue weighted by Crippen LogP contribution is -2.56. The average Bonchev–Trinajstić information content (AvgIpc) is 3.41. The molecule has 2 aliphatic heterocycles. The normalized spacial score (nSPS) is 21.3. The molecule has 0 bridgehead atoms. The Labute approximate surface area is 186 Å². The number of benzene rings is 2. The molecule has 1 unspecified atom stereocenters. The lowest BCUT2D eigenvalue weighted by Gasteiger charge is -2.40. The van der Waals surface area contributed by atoms with E-state index in [9.17, 15) is 4.79 Å². The Kier molecular flexibility index (Phi) is 4.48. The van der Waals surface area contributed by atoms with Crippen LogP contribution in [0.4, 0.5) is 0 Å². The van der Waals surface area contributed by atoms with Crippen molar-refractivity contribution < 1.29 is 4.74 Å². The fourth-order valence-electron chi connectivity index (χ4n) is 5.17. The highest BCUT2D eigenvalue weighted by Gasteiger charge is 2.36. The molecular weight excluding hydrogens is 402 g/mol. The molecule has 1 saturated heterocycles. The number of ether oxygens (including phenoxy) is 1. The lowest BCUT2D eigenvalue weighted by molar-refractivity contribution is -0.0708. The number of piperazine rings is 1. The Balaban J connectivity index is 1.22. The van der Waals surface area contributed by atoms with E-state index in [1.165, 1.54) is 16.9 Å².